The number of hydrogen-bond acceptors (Lipinski definition) is 5. The van der Waals surface area contributed by atoms with Crippen LogP contribution < -0.4 is 11.1 Å². The number of nitrogens with one attached hydrogen (secondary N) is 1. The van der Waals surface area contributed by atoms with E-state index in [2.05, 4.69) is 11.4 Å². The standard InChI is InChI=1S/C14H12N4O/c15-7-10-12(17)18-13-14(10,8-16)6-11(19-13)9-4-2-1-3-5-9/h1-5,11,13,18H,6,17H2. The van der Waals surface area contributed by atoms with Gasteiger partial charge in [-0.3, -0.25) is 0 Å². The van der Waals surface area contributed by atoms with Gasteiger partial charge in [0, 0.05) is 6.42 Å². The number of rotatable bonds is 1. The molecule has 0 bridgehead atoms. The van der Waals surface area contributed by atoms with Gasteiger partial charge in [0.25, 0.3) is 0 Å². The first-order valence-electron chi connectivity index (χ1n) is 6.00. The Morgan fingerprint density at radius 1 is 1.32 bits per heavy atom. The lowest BCUT2D eigenvalue weighted by molar-refractivity contribution is 0.0207. The molecule has 0 spiro atoms. The highest BCUT2D eigenvalue weighted by Gasteiger charge is 2.57. The molecule has 1 aromatic carbocycles. The Hall–Kier alpha value is -2.50. The molecule has 3 rings (SSSR count). The van der Waals surface area contributed by atoms with Gasteiger partial charge in [0.05, 0.1) is 17.7 Å². The van der Waals surface area contributed by atoms with Gasteiger partial charge in [0.15, 0.2) is 6.23 Å². The zero-order valence-corrected chi connectivity index (χ0v) is 10.1. The van der Waals surface area contributed by atoms with E-state index >= 15 is 0 Å². The average Bonchev–Trinajstić information content (AvgIpc) is 2.91. The molecule has 3 unspecified atom stereocenters. The van der Waals surface area contributed by atoms with Crippen molar-refractivity contribution in [1.82, 2.24) is 5.32 Å². The van der Waals surface area contributed by atoms with Gasteiger partial charge in [0.1, 0.15) is 17.3 Å². The van der Waals surface area contributed by atoms with Crippen LogP contribution in [-0.4, -0.2) is 6.23 Å². The normalized spacial score (nSPS) is 32.3. The Morgan fingerprint density at radius 2 is 2.05 bits per heavy atom. The fourth-order valence-corrected chi connectivity index (χ4v) is 2.76. The highest BCUT2D eigenvalue weighted by atomic mass is 16.5. The molecule has 2 heterocycles. The number of nitrogens with two attached hydrogens (primary N) is 1. The van der Waals surface area contributed by atoms with Gasteiger partial charge in [-0.05, 0) is 5.56 Å². The molecule has 0 aromatic heterocycles. The fourth-order valence-electron chi connectivity index (χ4n) is 2.76. The highest BCUT2D eigenvalue weighted by Crippen LogP contribution is 2.51. The van der Waals surface area contributed by atoms with Gasteiger partial charge in [-0.2, -0.15) is 10.5 Å². The molecule has 3 atom stereocenters. The van der Waals surface area contributed by atoms with Gasteiger partial charge in [0.2, 0.25) is 0 Å². The topological polar surface area (TPSA) is 94.9 Å². The molecule has 5 nitrogen and oxygen atoms in total. The minimum absolute atomic E-state index is 0.199. The maximum Gasteiger partial charge on any atom is 0.153 e. The van der Waals surface area contributed by atoms with Crippen LogP contribution in [0.2, 0.25) is 0 Å². The number of fused-ring (bicyclic) bond motifs is 1. The van der Waals surface area contributed by atoms with Crippen LogP contribution in [0.5, 0.6) is 0 Å². The molecule has 19 heavy (non-hydrogen) atoms. The molecule has 3 N–H and O–H groups in total. The maximum absolute atomic E-state index is 9.50. The third kappa shape index (κ3) is 1.49. The highest BCUT2D eigenvalue weighted by molar-refractivity contribution is 5.45. The van der Waals surface area contributed by atoms with Crippen molar-refractivity contribution in [3.8, 4) is 12.1 Å². The number of ether oxygens (including phenoxy) is 1. The molecular formula is C14H12N4O. The number of nitriles is 2. The molecule has 5 heteroatoms. The Morgan fingerprint density at radius 3 is 2.68 bits per heavy atom. The molecule has 2 aliphatic heterocycles. The third-order valence-electron chi connectivity index (χ3n) is 3.74. The van der Waals surface area contributed by atoms with Gasteiger partial charge in [-0.15, -0.1) is 0 Å². The van der Waals surface area contributed by atoms with Crippen LogP contribution in [0.3, 0.4) is 0 Å². The predicted molar refractivity (Wildman–Crippen MR) is 66.7 cm³/mol. The van der Waals surface area contributed by atoms with Gasteiger partial charge in [-0.25, -0.2) is 0 Å². The molecule has 1 fully saturated rings. The SMILES string of the molecule is N#CC1=C(N)NC2OC(c3ccccc3)CC12C#N. The Balaban J connectivity index is 1.98. The van der Waals surface area contributed by atoms with E-state index in [0.717, 1.165) is 5.56 Å². The van der Waals surface area contributed by atoms with Crippen LogP contribution in [0, 0.1) is 28.1 Å². The first kappa shape index (κ1) is 11.6. The molecule has 1 aromatic rings. The predicted octanol–water partition coefficient (Wildman–Crippen LogP) is 1.28. The molecule has 0 amide bonds. The van der Waals surface area contributed by atoms with Gasteiger partial charge in [-0.1, -0.05) is 30.3 Å². The summed E-state index contributed by atoms with van der Waals surface area (Å²) in [4.78, 5) is 0. The number of hydrogen-bond donors (Lipinski definition) is 2. The Kier molecular flexibility index (Phi) is 2.45. The summed E-state index contributed by atoms with van der Waals surface area (Å²) in [5.41, 5.74) is 6.06. The first-order chi connectivity index (χ1) is 9.21. The summed E-state index contributed by atoms with van der Waals surface area (Å²) in [5.74, 6) is 0.251. The third-order valence-corrected chi connectivity index (χ3v) is 3.74. The van der Waals surface area contributed by atoms with Crippen molar-refractivity contribution < 1.29 is 4.74 Å². The fraction of sp³-hybridized carbons (Fsp3) is 0.286. The second-order valence-electron chi connectivity index (χ2n) is 4.75. The van der Waals surface area contributed by atoms with Crippen LogP contribution >= 0.6 is 0 Å². The van der Waals surface area contributed by atoms with Crippen LogP contribution in [-0.2, 0) is 4.74 Å². The van der Waals surface area contributed by atoms with E-state index in [0.29, 0.717) is 12.0 Å². The van der Waals surface area contributed by atoms with Crippen molar-refractivity contribution in [3.05, 3.63) is 47.3 Å². The van der Waals surface area contributed by atoms with Crippen LogP contribution in [0.1, 0.15) is 18.1 Å². The van der Waals surface area contributed by atoms with Crippen LogP contribution in [0.25, 0.3) is 0 Å². The van der Waals surface area contributed by atoms with Crippen LogP contribution in [0.4, 0.5) is 0 Å². The lowest BCUT2D eigenvalue weighted by Crippen LogP contribution is -2.35. The zero-order chi connectivity index (χ0) is 13.5. The lowest BCUT2D eigenvalue weighted by atomic mass is 9.79. The summed E-state index contributed by atoms with van der Waals surface area (Å²) >= 11 is 0. The average molecular weight is 252 g/mol. The van der Waals surface area contributed by atoms with E-state index in [1.54, 1.807) is 0 Å². The second kappa shape index (κ2) is 4.01. The van der Waals surface area contributed by atoms with Crippen molar-refractivity contribution >= 4 is 0 Å². The van der Waals surface area contributed by atoms with E-state index in [-0.39, 0.29) is 11.9 Å². The molecule has 0 radical (unpaired) electrons. The zero-order valence-electron chi connectivity index (χ0n) is 10.1. The summed E-state index contributed by atoms with van der Waals surface area (Å²) in [6, 6.07) is 13.9. The molecule has 2 aliphatic rings. The smallest absolute Gasteiger partial charge is 0.153 e. The van der Waals surface area contributed by atoms with Gasteiger partial charge < -0.3 is 15.8 Å². The van der Waals surface area contributed by atoms with Crippen molar-refractivity contribution in [2.45, 2.75) is 18.8 Å². The van der Waals surface area contributed by atoms with Gasteiger partial charge >= 0.3 is 0 Å². The van der Waals surface area contributed by atoms with Crippen molar-refractivity contribution in [2.24, 2.45) is 11.1 Å². The lowest BCUT2D eigenvalue weighted by Gasteiger charge is -2.17. The number of nitrogens with zero attached hydrogens (tertiary/aromatic N) is 2. The summed E-state index contributed by atoms with van der Waals surface area (Å²) in [7, 11) is 0. The van der Waals surface area contributed by atoms with E-state index in [1.165, 1.54) is 0 Å². The minimum Gasteiger partial charge on any atom is -0.385 e. The largest absolute Gasteiger partial charge is 0.385 e. The summed E-state index contributed by atoms with van der Waals surface area (Å²) in [6.07, 6.45) is -0.304. The monoisotopic (exact) mass is 252 g/mol. The van der Waals surface area contributed by atoms with E-state index in [9.17, 15) is 10.5 Å². The van der Waals surface area contributed by atoms with Crippen molar-refractivity contribution in [3.63, 3.8) is 0 Å². The van der Waals surface area contributed by atoms with Crippen LogP contribution in [0.15, 0.2) is 41.7 Å². The summed E-state index contributed by atoms with van der Waals surface area (Å²) in [5, 5.41) is 21.6. The van der Waals surface area contributed by atoms with E-state index in [4.69, 9.17) is 10.5 Å². The molecule has 0 saturated carbocycles. The number of benzene rings is 1. The molecule has 0 aliphatic carbocycles. The Labute approximate surface area is 110 Å². The van der Waals surface area contributed by atoms with Crippen molar-refractivity contribution in [1.29, 1.82) is 10.5 Å². The quantitative estimate of drug-likeness (QED) is 0.785. The summed E-state index contributed by atoms with van der Waals surface area (Å²) in [6.45, 7) is 0. The van der Waals surface area contributed by atoms with E-state index in [1.807, 2.05) is 36.4 Å². The maximum atomic E-state index is 9.50. The van der Waals surface area contributed by atoms with Crippen molar-refractivity contribution in [2.75, 3.05) is 0 Å². The molecule has 1 saturated heterocycles. The van der Waals surface area contributed by atoms with E-state index < -0.39 is 11.6 Å². The molecule has 94 valence electrons. The molecular weight excluding hydrogens is 240 g/mol. The Bertz CT molecular complexity index is 625. The minimum atomic E-state index is -0.973. The first-order valence-corrected chi connectivity index (χ1v) is 6.00. The second-order valence-corrected chi connectivity index (χ2v) is 4.75. The summed E-state index contributed by atoms with van der Waals surface area (Å²) < 4.78 is 5.86.